The number of carbonyl (C=O) groups is 1. The lowest BCUT2D eigenvalue weighted by Crippen LogP contribution is -2.24. The van der Waals surface area contributed by atoms with Gasteiger partial charge in [0.15, 0.2) is 0 Å². The third-order valence-electron chi connectivity index (χ3n) is 5.42. The molecule has 32 heavy (non-hydrogen) atoms. The maximum absolute atomic E-state index is 12.7. The van der Waals surface area contributed by atoms with Crippen LogP contribution in [0.2, 0.25) is 0 Å². The average molecular weight is 419 g/mol. The summed E-state index contributed by atoms with van der Waals surface area (Å²) >= 11 is 0. The summed E-state index contributed by atoms with van der Waals surface area (Å²) in [6.07, 6.45) is 5.81. The Hall–Kier alpha value is -4.25. The smallest absolute Gasteiger partial charge is 0.224 e. The number of rotatable bonds is 6. The van der Waals surface area contributed by atoms with E-state index in [1.54, 1.807) is 12.4 Å². The molecule has 5 aromatic rings. The fourth-order valence-corrected chi connectivity index (χ4v) is 3.80. The lowest BCUT2D eigenvalue weighted by atomic mass is 10.0. The molecule has 1 amide bonds. The van der Waals surface area contributed by atoms with Crippen molar-refractivity contribution in [3.63, 3.8) is 0 Å². The molecule has 0 fully saturated rings. The van der Waals surface area contributed by atoms with Crippen molar-refractivity contribution in [1.82, 2.24) is 20.1 Å². The largest absolute Gasteiger partial charge is 0.352 e. The number of amides is 1. The lowest BCUT2D eigenvalue weighted by molar-refractivity contribution is -0.120. The minimum atomic E-state index is -0.0200. The third-order valence-corrected chi connectivity index (χ3v) is 5.42. The van der Waals surface area contributed by atoms with Crippen LogP contribution < -0.4 is 5.32 Å². The molecule has 0 saturated carbocycles. The Morgan fingerprint density at radius 2 is 1.59 bits per heavy atom. The first-order valence-corrected chi connectivity index (χ1v) is 10.5. The number of nitrogens with one attached hydrogen (secondary N) is 1. The van der Waals surface area contributed by atoms with Gasteiger partial charge in [0.2, 0.25) is 5.91 Å². The first-order valence-electron chi connectivity index (χ1n) is 10.5. The molecule has 0 spiro atoms. The summed E-state index contributed by atoms with van der Waals surface area (Å²) in [6.45, 7) is 0.400. The van der Waals surface area contributed by atoms with Gasteiger partial charge in [-0.15, -0.1) is 0 Å². The quantitative estimate of drug-likeness (QED) is 0.425. The molecule has 0 unspecified atom stereocenters. The summed E-state index contributed by atoms with van der Waals surface area (Å²) in [6, 6.07) is 28.1. The van der Waals surface area contributed by atoms with Crippen LogP contribution >= 0.6 is 0 Å². The van der Waals surface area contributed by atoms with Gasteiger partial charge in [0, 0.05) is 36.3 Å². The summed E-state index contributed by atoms with van der Waals surface area (Å²) in [5, 5.41) is 10.2. The number of fused-ring (bicyclic) bond motifs is 1. The Morgan fingerprint density at radius 1 is 0.844 bits per heavy atom. The molecule has 5 heteroatoms. The van der Waals surface area contributed by atoms with Gasteiger partial charge in [0.25, 0.3) is 0 Å². The van der Waals surface area contributed by atoms with Crippen LogP contribution in [0, 0.1) is 0 Å². The van der Waals surface area contributed by atoms with E-state index in [0.717, 1.165) is 33.5 Å². The number of benzene rings is 3. The van der Waals surface area contributed by atoms with Crippen LogP contribution in [0.3, 0.4) is 0 Å². The molecule has 0 aliphatic rings. The van der Waals surface area contributed by atoms with Gasteiger partial charge in [-0.3, -0.25) is 9.78 Å². The molecule has 156 valence electrons. The lowest BCUT2D eigenvalue weighted by Gasteiger charge is -2.07. The van der Waals surface area contributed by atoms with Gasteiger partial charge in [-0.1, -0.05) is 60.7 Å². The van der Waals surface area contributed by atoms with Crippen LogP contribution in [0.15, 0.2) is 104 Å². The second-order valence-corrected chi connectivity index (χ2v) is 7.65. The second-order valence-electron chi connectivity index (χ2n) is 7.65. The molecule has 0 aliphatic heterocycles. The molecule has 1 N–H and O–H groups in total. The van der Waals surface area contributed by atoms with Crippen LogP contribution in [0.4, 0.5) is 0 Å². The van der Waals surface area contributed by atoms with Crippen LogP contribution in [0.5, 0.6) is 0 Å². The van der Waals surface area contributed by atoms with Crippen molar-refractivity contribution in [2.45, 2.75) is 13.0 Å². The van der Waals surface area contributed by atoms with E-state index < -0.39 is 0 Å². The van der Waals surface area contributed by atoms with Gasteiger partial charge in [0.1, 0.15) is 0 Å². The average Bonchev–Trinajstić information content (AvgIpc) is 3.28. The standard InChI is InChI=1S/C27H22N4O/c32-26(17-20-10-11-21-6-4-5-7-23(21)16-20)29-18-24-19-31(25-8-2-1-3-9-25)30-27(24)22-12-14-28-15-13-22/h1-16,19H,17-18H2,(H,29,32). The number of hydrogen-bond acceptors (Lipinski definition) is 3. The SMILES string of the molecule is O=C(Cc1ccc2ccccc2c1)NCc1cn(-c2ccccc2)nc1-c1ccncc1. The topological polar surface area (TPSA) is 59.8 Å². The predicted octanol–water partition coefficient (Wildman–Crippen LogP) is 4.95. The second kappa shape index (κ2) is 8.86. The van der Waals surface area contributed by atoms with E-state index in [2.05, 4.69) is 34.6 Å². The monoisotopic (exact) mass is 418 g/mol. The zero-order valence-corrected chi connectivity index (χ0v) is 17.5. The van der Waals surface area contributed by atoms with Gasteiger partial charge in [-0.05, 0) is 40.6 Å². The van der Waals surface area contributed by atoms with E-state index >= 15 is 0 Å². The number of nitrogens with zero attached hydrogens (tertiary/aromatic N) is 3. The van der Waals surface area contributed by atoms with Gasteiger partial charge in [-0.2, -0.15) is 5.10 Å². The Labute approximate surface area is 186 Å². The molecule has 0 atom stereocenters. The van der Waals surface area contributed by atoms with E-state index in [0.29, 0.717) is 13.0 Å². The van der Waals surface area contributed by atoms with Crippen LogP contribution in [-0.2, 0) is 17.8 Å². The number of pyridine rings is 1. The number of aromatic nitrogens is 3. The van der Waals surface area contributed by atoms with E-state index in [9.17, 15) is 4.79 Å². The molecule has 2 heterocycles. The zero-order chi connectivity index (χ0) is 21.8. The van der Waals surface area contributed by atoms with E-state index in [1.807, 2.05) is 71.5 Å². The minimum Gasteiger partial charge on any atom is -0.352 e. The van der Waals surface area contributed by atoms with Crippen LogP contribution in [0.25, 0.3) is 27.7 Å². The maximum atomic E-state index is 12.7. The van der Waals surface area contributed by atoms with Crippen molar-refractivity contribution < 1.29 is 4.79 Å². The summed E-state index contributed by atoms with van der Waals surface area (Å²) in [7, 11) is 0. The molecule has 0 saturated heterocycles. The number of para-hydroxylation sites is 1. The minimum absolute atomic E-state index is 0.0200. The molecule has 3 aromatic carbocycles. The zero-order valence-electron chi connectivity index (χ0n) is 17.5. The summed E-state index contributed by atoms with van der Waals surface area (Å²) in [5.41, 5.74) is 4.72. The van der Waals surface area contributed by atoms with Crippen LogP contribution in [-0.4, -0.2) is 20.7 Å². The van der Waals surface area contributed by atoms with Crippen molar-refractivity contribution >= 4 is 16.7 Å². The van der Waals surface area contributed by atoms with Crippen molar-refractivity contribution in [2.75, 3.05) is 0 Å². The Bertz CT molecular complexity index is 1360. The molecular formula is C27H22N4O. The highest BCUT2D eigenvalue weighted by atomic mass is 16.1. The van der Waals surface area contributed by atoms with Crippen molar-refractivity contribution in [1.29, 1.82) is 0 Å². The highest BCUT2D eigenvalue weighted by Crippen LogP contribution is 2.23. The van der Waals surface area contributed by atoms with Crippen LogP contribution in [0.1, 0.15) is 11.1 Å². The Balaban J connectivity index is 1.35. The Morgan fingerprint density at radius 3 is 2.41 bits per heavy atom. The summed E-state index contributed by atoms with van der Waals surface area (Å²) in [5.74, 6) is -0.0200. The van der Waals surface area contributed by atoms with Gasteiger partial charge in [-0.25, -0.2) is 4.68 Å². The van der Waals surface area contributed by atoms with E-state index in [-0.39, 0.29) is 5.91 Å². The molecule has 2 aromatic heterocycles. The number of hydrogen-bond donors (Lipinski definition) is 1. The van der Waals surface area contributed by atoms with Gasteiger partial charge >= 0.3 is 0 Å². The fraction of sp³-hybridized carbons (Fsp3) is 0.0741. The molecule has 0 radical (unpaired) electrons. The molecule has 0 bridgehead atoms. The molecule has 5 rings (SSSR count). The summed E-state index contributed by atoms with van der Waals surface area (Å²) in [4.78, 5) is 16.8. The highest BCUT2D eigenvalue weighted by Gasteiger charge is 2.13. The van der Waals surface area contributed by atoms with E-state index in [4.69, 9.17) is 5.10 Å². The molecule has 0 aliphatic carbocycles. The van der Waals surface area contributed by atoms with Crippen molar-refractivity contribution in [2.24, 2.45) is 0 Å². The van der Waals surface area contributed by atoms with Crippen molar-refractivity contribution in [3.05, 3.63) is 115 Å². The van der Waals surface area contributed by atoms with E-state index in [1.165, 1.54) is 5.39 Å². The molecular weight excluding hydrogens is 396 g/mol. The predicted molar refractivity (Wildman–Crippen MR) is 126 cm³/mol. The fourth-order valence-electron chi connectivity index (χ4n) is 3.80. The normalized spacial score (nSPS) is 10.9. The third kappa shape index (κ3) is 4.27. The first kappa shape index (κ1) is 19.7. The first-order chi connectivity index (χ1) is 15.8. The van der Waals surface area contributed by atoms with Gasteiger partial charge in [0.05, 0.1) is 17.8 Å². The van der Waals surface area contributed by atoms with Crippen molar-refractivity contribution in [3.8, 4) is 16.9 Å². The Kier molecular flexibility index (Phi) is 5.45. The van der Waals surface area contributed by atoms with Gasteiger partial charge < -0.3 is 5.32 Å². The summed E-state index contributed by atoms with van der Waals surface area (Å²) < 4.78 is 1.85. The highest BCUT2D eigenvalue weighted by molar-refractivity contribution is 5.85. The maximum Gasteiger partial charge on any atom is 0.224 e. The molecule has 5 nitrogen and oxygen atoms in total. The number of carbonyl (C=O) groups excluding carboxylic acids is 1.